The molecule has 0 saturated carbocycles. The molecule has 0 unspecified atom stereocenters. The third-order valence-electron chi connectivity index (χ3n) is 8.83. The van der Waals surface area contributed by atoms with Crippen LogP contribution in [0.25, 0.3) is 59.4 Å². The molecule has 0 atom stereocenters. The molecule has 2 heterocycles. The molecule has 2 aromatic heterocycles. The number of aromatic nitrogens is 2. The van der Waals surface area contributed by atoms with Crippen molar-refractivity contribution in [2.24, 2.45) is 0 Å². The molecule has 0 radical (unpaired) electrons. The van der Waals surface area contributed by atoms with E-state index in [1.165, 1.54) is 37.6 Å². The van der Waals surface area contributed by atoms with Crippen molar-refractivity contribution in [3.8, 4) is 27.4 Å². The topological polar surface area (TPSA) is 21.1 Å². The molecule has 222 valence electrons. The van der Waals surface area contributed by atoms with Crippen LogP contribution in [-0.4, -0.2) is 9.55 Å². The van der Waals surface area contributed by atoms with Crippen LogP contribution in [0.1, 0.15) is 0 Å². The third-order valence-corrected chi connectivity index (χ3v) is 9.91. The first-order chi connectivity index (χ1) is 23.3. The molecule has 3 nitrogen and oxygen atoms in total. The van der Waals surface area contributed by atoms with E-state index in [0.29, 0.717) is 0 Å². The van der Waals surface area contributed by atoms with Crippen LogP contribution in [0.3, 0.4) is 0 Å². The van der Waals surface area contributed by atoms with Crippen molar-refractivity contribution in [1.82, 2.24) is 9.55 Å². The van der Waals surface area contributed by atoms with E-state index in [2.05, 4.69) is 179 Å². The first kappa shape index (κ1) is 27.3. The third kappa shape index (κ3) is 4.87. The average Bonchev–Trinajstić information content (AvgIpc) is 3.72. The number of fused-ring (bicyclic) bond motifs is 4. The number of nitrogens with zero attached hydrogens (tertiary/aromatic N) is 3. The van der Waals surface area contributed by atoms with E-state index in [9.17, 15) is 0 Å². The van der Waals surface area contributed by atoms with Crippen molar-refractivity contribution in [2.75, 3.05) is 4.90 Å². The molecule has 0 spiro atoms. The largest absolute Gasteiger partial charge is 0.311 e. The highest BCUT2D eigenvalue weighted by Crippen LogP contribution is 2.38. The number of benzene rings is 7. The molecule has 0 aliphatic carbocycles. The van der Waals surface area contributed by atoms with Gasteiger partial charge in [0.2, 0.25) is 0 Å². The monoisotopic (exact) mass is 619 g/mol. The minimum absolute atomic E-state index is 1.05. The fourth-order valence-electron chi connectivity index (χ4n) is 6.58. The van der Waals surface area contributed by atoms with E-state index < -0.39 is 0 Å². The summed E-state index contributed by atoms with van der Waals surface area (Å²) in [4.78, 5) is 7.16. The Kier molecular flexibility index (Phi) is 6.65. The molecule has 0 fully saturated rings. The molecule has 47 heavy (non-hydrogen) atoms. The number of para-hydroxylation sites is 4. The van der Waals surface area contributed by atoms with E-state index in [1.54, 1.807) is 11.3 Å². The first-order valence-electron chi connectivity index (χ1n) is 15.8. The summed E-state index contributed by atoms with van der Waals surface area (Å²) in [5, 5.41) is 3.54. The van der Waals surface area contributed by atoms with Crippen molar-refractivity contribution in [2.45, 2.75) is 0 Å². The Labute approximate surface area is 277 Å². The summed E-state index contributed by atoms with van der Waals surface area (Å²) >= 11 is 1.74. The molecule has 0 saturated heterocycles. The first-order valence-corrected chi connectivity index (χ1v) is 16.6. The average molecular weight is 620 g/mol. The van der Waals surface area contributed by atoms with Crippen LogP contribution in [0.5, 0.6) is 0 Å². The maximum atomic E-state index is 4.87. The SMILES string of the molecule is c1ccc(N(c2ccccc2)c2ccc(-c3ccc4c(c3)c3ccccc3n4-c3ccc(-c4nc5ccccc5s4)cc3)cc2)cc1. The summed E-state index contributed by atoms with van der Waals surface area (Å²) in [5.41, 5.74) is 11.5. The van der Waals surface area contributed by atoms with Gasteiger partial charge in [-0.2, -0.15) is 0 Å². The lowest BCUT2D eigenvalue weighted by molar-refractivity contribution is 1.18. The fraction of sp³-hybridized carbons (Fsp3) is 0. The van der Waals surface area contributed by atoms with Gasteiger partial charge in [-0.3, -0.25) is 0 Å². The lowest BCUT2D eigenvalue weighted by atomic mass is 10.0. The zero-order chi connectivity index (χ0) is 31.2. The number of rotatable bonds is 6. The highest BCUT2D eigenvalue weighted by molar-refractivity contribution is 7.21. The van der Waals surface area contributed by atoms with Gasteiger partial charge in [0.15, 0.2) is 0 Å². The van der Waals surface area contributed by atoms with Gasteiger partial charge in [-0.25, -0.2) is 4.98 Å². The van der Waals surface area contributed by atoms with E-state index in [1.807, 2.05) is 6.07 Å². The zero-order valence-electron chi connectivity index (χ0n) is 25.5. The summed E-state index contributed by atoms with van der Waals surface area (Å²) < 4.78 is 3.58. The second-order valence-corrected chi connectivity index (χ2v) is 12.7. The van der Waals surface area contributed by atoms with Gasteiger partial charge in [0.1, 0.15) is 5.01 Å². The molecule has 0 aliphatic rings. The molecule has 0 amide bonds. The number of hydrogen-bond acceptors (Lipinski definition) is 3. The van der Waals surface area contributed by atoms with Crippen LogP contribution in [0.2, 0.25) is 0 Å². The Morgan fingerprint density at radius 2 is 1.02 bits per heavy atom. The Hall–Kier alpha value is -5.97. The lowest BCUT2D eigenvalue weighted by Crippen LogP contribution is -2.09. The van der Waals surface area contributed by atoms with Gasteiger partial charge in [0, 0.05) is 39.1 Å². The van der Waals surface area contributed by atoms with Gasteiger partial charge < -0.3 is 9.47 Å². The predicted octanol–water partition coefficient (Wildman–Crippen LogP) is 12.2. The lowest BCUT2D eigenvalue weighted by Gasteiger charge is -2.25. The highest BCUT2D eigenvalue weighted by Gasteiger charge is 2.15. The van der Waals surface area contributed by atoms with Crippen LogP contribution < -0.4 is 4.90 Å². The zero-order valence-corrected chi connectivity index (χ0v) is 26.3. The van der Waals surface area contributed by atoms with Crippen molar-refractivity contribution < 1.29 is 0 Å². The van der Waals surface area contributed by atoms with Gasteiger partial charge in [-0.05, 0) is 102 Å². The summed E-state index contributed by atoms with van der Waals surface area (Å²) in [6.45, 7) is 0. The van der Waals surface area contributed by atoms with Gasteiger partial charge in [-0.15, -0.1) is 11.3 Å². The molecule has 9 aromatic rings. The van der Waals surface area contributed by atoms with E-state index in [4.69, 9.17) is 4.98 Å². The second kappa shape index (κ2) is 11.4. The predicted molar refractivity (Wildman–Crippen MR) is 200 cm³/mol. The van der Waals surface area contributed by atoms with E-state index >= 15 is 0 Å². The molecule has 4 heteroatoms. The standard InChI is InChI=1S/C43H29N3S/c1-3-11-33(12-4-1)45(34-13-5-2-6-14-34)35-24-19-30(20-25-35)32-23-28-41-38(29-32)37-15-7-9-17-40(37)46(41)36-26-21-31(22-27-36)43-44-39-16-8-10-18-42(39)47-43/h1-29H. The van der Waals surface area contributed by atoms with Gasteiger partial charge in [-0.1, -0.05) is 84.9 Å². The maximum absolute atomic E-state index is 4.87. The Morgan fingerprint density at radius 1 is 0.447 bits per heavy atom. The van der Waals surface area contributed by atoms with Gasteiger partial charge >= 0.3 is 0 Å². The van der Waals surface area contributed by atoms with Crippen LogP contribution in [0.15, 0.2) is 176 Å². The fourth-order valence-corrected chi connectivity index (χ4v) is 7.55. The maximum Gasteiger partial charge on any atom is 0.124 e. The van der Waals surface area contributed by atoms with Crippen LogP contribution in [0.4, 0.5) is 17.1 Å². The summed E-state index contributed by atoms with van der Waals surface area (Å²) in [5.74, 6) is 0. The van der Waals surface area contributed by atoms with Crippen molar-refractivity contribution >= 4 is 60.4 Å². The Morgan fingerprint density at radius 3 is 1.74 bits per heavy atom. The number of anilines is 3. The molecule has 0 N–H and O–H groups in total. The minimum atomic E-state index is 1.05. The highest BCUT2D eigenvalue weighted by atomic mass is 32.1. The normalized spacial score (nSPS) is 11.4. The van der Waals surface area contributed by atoms with Crippen molar-refractivity contribution in [1.29, 1.82) is 0 Å². The van der Waals surface area contributed by atoms with Crippen molar-refractivity contribution in [3.05, 3.63) is 176 Å². The molecule has 0 bridgehead atoms. The van der Waals surface area contributed by atoms with Gasteiger partial charge in [0.25, 0.3) is 0 Å². The van der Waals surface area contributed by atoms with Gasteiger partial charge in [0.05, 0.1) is 21.3 Å². The van der Waals surface area contributed by atoms with E-state index in [0.717, 1.165) is 38.8 Å². The summed E-state index contributed by atoms with van der Waals surface area (Å²) in [6, 6.07) is 62.6. The molecule has 7 aromatic carbocycles. The molecular weight excluding hydrogens is 591 g/mol. The van der Waals surface area contributed by atoms with Crippen LogP contribution >= 0.6 is 11.3 Å². The number of hydrogen-bond donors (Lipinski definition) is 0. The second-order valence-electron chi connectivity index (χ2n) is 11.7. The van der Waals surface area contributed by atoms with Crippen molar-refractivity contribution in [3.63, 3.8) is 0 Å². The smallest absolute Gasteiger partial charge is 0.124 e. The summed E-state index contributed by atoms with van der Waals surface area (Å²) in [7, 11) is 0. The molecular formula is C43H29N3S. The molecule has 9 rings (SSSR count). The Bertz CT molecular complexity index is 2420. The summed E-state index contributed by atoms with van der Waals surface area (Å²) in [6.07, 6.45) is 0. The Balaban J connectivity index is 1.09. The van der Waals surface area contributed by atoms with E-state index in [-0.39, 0.29) is 0 Å². The minimum Gasteiger partial charge on any atom is -0.311 e. The molecule has 0 aliphatic heterocycles. The number of thiazole rings is 1. The quantitative estimate of drug-likeness (QED) is 0.185. The van der Waals surface area contributed by atoms with Crippen LogP contribution in [0, 0.1) is 0 Å². The van der Waals surface area contributed by atoms with Crippen LogP contribution in [-0.2, 0) is 0 Å².